The lowest BCUT2D eigenvalue weighted by Gasteiger charge is -2.08. The Morgan fingerprint density at radius 3 is 1.86 bits per heavy atom. The molecule has 2 radical (unpaired) electrons. The van der Waals surface area contributed by atoms with Crippen LogP contribution in [0, 0.1) is 5.92 Å². The van der Waals surface area contributed by atoms with E-state index in [1.807, 2.05) is 13.8 Å². The molecule has 0 amide bonds. The summed E-state index contributed by atoms with van der Waals surface area (Å²) in [6.07, 6.45) is 1.07. The lowest BCUT2D eigenvalue weighted by Crippen LogP contribution is -2.13. The first-order valence-corrected chi connectivity index (χ1v) is 2.86. The van der Waals surface area contributed by atoms with Gasteiger partial charge in [0.15, 0.2) is 0 Å². The third-order valence-corrected chi connectivity index (χ3v) is 1.47. The van der Waals surface area contributed by atoms with Crippen molar-refractivity contribution in [3.63, 3.8) is 0 Å². The van der Waals surface area contributed by atoms with Crippen molar-refractivity contribution >= 4 is 0 Å². The topological polar surface area (TPSA) is 22.3 Å². The van der Waals surface area contributed by atoms with Crippen molar-refractivity contribution < 1.29 is 0 Å². The molecular weight excluding hydrogens is 86.1 g/mol. The van der Waals surface area contributed by atoms with E-state index in [1.54, 1.807) is 0 Å². The van der Waals surface area contributed by atoms with E-state index in [9.17, 15) is 0 Å². The molecule has 0 aliphatic carbocycles. The van der Waals surface area contributed by atoms with Crippen LogP contribution < -0.4 is 5.73 Å². The summed E-state index contributed by atoms with van der Waals surface area (Å²) in [6, 6.07) is -0.134. The van der Waals surface area contributed by atoms with Gasteiger partial charge >= 0.3 is 0 Å². The molecule has 42 valence electrons. The second-order valence-corrected chi connectivity index (χ2v) is 2.13. The minimum Gasteiger partial charge on any atom is -0.141 e. The molecule has 1 heteroatoms. The summed E-state index contributed by atoms with van der Waals surface area (Å²) in [5.74, 6) is 0.458. The largest absolute Gasteiger partial charge is 0.141 e. The second-order valence-electron chi connectivity index (χ2n) is 2.13. The van der Waals surface area contributed by atoms with Crippen molar-refractivity contribution in [1.29, 1.82) is 0 Å². The molecule has 2 atom stereocenters. The van der Waals surface area contributed by atoms with E-state index in [4.69, 9.17) is 5.73 Å². The van der Waals surface area contributed by atoms with Gasteiger partial charge in [0, 0.05) is 6.04 Å². The van der Waals surface area contributed by atoms with Gasteiger partial charge in [-0.2, -0.15) is 0 Å². The third-order valence-electron chi connectivity index (χ3n) is 1.47. The number of hydrogen-bond donors (Lipinski definition) is 0. The molecule has 0 bridgehead atoms. The molecule has 0 spiro atoms. The fraction of sp³-hybridized carbons (Fsp3) is 1.00. The molecule has 0 rings (SSSR count). The molecular formula is C6H13N. The molecule has 0 aliphatic heterocycles. The van der Waals surface area contributed by atoms with Gasteiger partial charge in [0.1, 0.15) is 0 Å². The van der Waals surface area contributed by atoms with Crippen LogP contribution in [-0.2, 0) is 0 Å². The van der Waals surface area contributed by atoms with Crippen LogP contribution in [0.1, 0.15) is 27.2 Å². The minimum atomic E-state index is -0.134. The summed E-state index contributed by atoms with van der Waals surface area (Å²) in [4.78, 5) is 0. The SMILES string of the molecule is CCC(C)C(C)[N]. The van der Waals surface area contributed by atoms with Gasteiger partial charge in [-0.05, 0) is 12.8 Å². The summed E-state index contributed by atoms with van der Waals surface area (Å²) in [7, 11) is 0. The normalized spacial score (nSPS) is 18.9. The summed E-state index contributed by atoms with van der Waals surface area (Å²) < 4.78 is 0. The summed E-state index contributed by atoms with van der Waals surface area (Å²) in [5.41, 5.74) is 8.82. The minimum absolute atomic E-state index is 0.134. The van der Waals surface area contributed by atoms with Gasteiger partial charge < -0.3 is 0 Å². The maximum Gasteiger partial charge on any atom is 0.0430 e. The predicted molar refractivity (Wildman–Crippen MR) is 31.1 cm³/mol. The van der Waals surface area contributed by atoms with Crippen LogP contribution in [0.5, 0.6) is 0 Å². The molecule has 1 nitrogen and oxygen atoms in total. The molecule has 0 aliphatic rings. The quantitative estimate of drug-likeness (QED) is 0.500. The average molecular weight is 99.2 g/mol. The highest BCUT2D eigenvalue weighted by Crippen LogP contribution is 2.03. The van der Waals surface area contributed by atoms with Crippen molar-refractivity contribution in [3.05, 3.63) is 0 Å². The first-order valence-electron chi connectivity index (χ1n) is 2.86. The van der Waals surface area contributed by atoms with Crippen molar-refractivity contribution in [2.45, 2.75) is 33.2 Å². The number of nitrogens with zero attached hydrogens (tertiary/aromatic N) is 1. The van der Waals surface area contributed by atoms with Crippen LogP contribution in [0.2, 0.25) is 0 Å². The van der Waals surface area contributed by atoms with E-state index in [0.717, 1.165) is 6.42 Å². The molecule has 0 saturated carbocycles. The van der Waals surface area contributed by atoms with E-state index >= 15 is 0 Å². The van der Waals surface area contributed by atoms with Gasteiger partial charge in [0.05, 0.1) is 0 Å². The lowest BCUT2D eigenvalue weighted by atomic mass is 10.0. The highest BCUT2D eigenvalue weighted by Gasteiger charge is 2.03. The smallest absolute Gasteiger partial charge is 0.0430 e. The lowest BCUT2D eigenvalue weighted by molar-refractivity contribution is 0.459. The number of hydrogen-bond acceptors (Lipinski definition) is 0. The highest BCUT2D eigenvalue weighted by atomic mass is 14.6. The Kier molecular flexibility index (Phi) is 3.01. The molecule has 0 saturated heterocycles. The van der Waals surface area contributed by atoms with E-state index in [0.29, 0.717) is 5.92 Å². The first kappa shape index (κ1) is 6.96. The molecule has 0 N–H and O–H groups in total. The molecule has 0 fully saturated rings. The van der Waals surface area contributed by atoms with Crippen LogP contribution in [0.15, 0.2) is 0 Å². The Labute approximate surface area is 45.9 Å². The van der Waals surface area contributed by atoms with Gasteiger partial charge in [-0.15, -0.1) is 5.73 Å². The van der Waals surface area contributed by atoms with E-state index in [-0.39, 0.29) is 6.04 Å². The van der Waals surface area contributed by atoms with Crippen molar-refractivity contribution in [1.82, 2.24) is 5.73 Å². The summed E-state index contributed by atoms with van der Waals surface area (Å²) in [5, 5.41) is 0. The van der Waals surface area contributed by atoms with Crippen molar-refractivity contribution in [2.75, 3.05) is 0 Å². The Balaban J connectivity index is 3.14. The maximum atomic E-state index is 8.82. The Bertz CT molecular complexity index is 41.4. The average Bonchev–Trinajstić information content (AvgIpc) is 1.65. The van der Waals surface area contributed by atoms with Crippen molar-refractivity contribution in [3.8, 4) is 0 Å². The van der Waals surface area contributed by atoms with E-state index in [1.165, 1.54) is 0 Å². The number of rotatable bonds is 2. The zero-order chi connectivity index (χ0) is 5.86. The summed E-state index contributed by atoms with van der Waals surface area (Å²) in [6.45, 7) is 5.95. The zero-order valence-electron chi connectivity index (χ0n) is 5.31. The van der Waals surface area contributed by atoms with Crippen LogP contribution in [0.4, 0.5) is 0 Å². The molecule has 7 heavy (non-hydrogen) atoms. The van der Waals surface area contributed by atoms with Gasteiger partial charge in [-0.3, -0.25) is 0 Å². The fourth-order valence-electron chi connectivity index (χ4n) is 0.341. The molecule has 0 aromatic carbocycles. The standard InChI is InChI=1S/C6H13N/c1-4-5(2)6(3)7/h5-6H,4H2,1-3H3. The van der Waals surface area contributed by atoms with Gasteiger partial charge in [0.2, 0.25) is 0 Å². The maximum absolute atomic E-state index is 8.82. The van der Waals surface area contributed by atoms with Crippen molar-refractivity contribution in [2.24, 2.45) is 5.92 Å². The van der Waals surface area contributed by atoms with Gasteiger partial charge in [0.25, 0.3) is 0 Å². The predicted octanol–water partition coefficient (Wildman–Crippen LogP) is 1.49. The molecule has 0 aromatic rings. The highest BCUT2D eigenvalue weighted by molar-refractivity contribution is 4.58. The van der Waals surface area contributed by atoms with Gasteiger partial charge in [-0.25, -0.2) is 0 Å². The molecule has 0 heterocycles. The summed E-state index contributed by atoms with van der Waals surface area (Å²) >= 11 is 0. The molecule has 0 aromatic heterocycles. The Hall–Kier alpha value is -0.0400. The Morgan fingerprint density at radius 2 is 1.86 bits per heavy atom. The van der Waals surface area contributed by atoms with Crippen LogP contribution in [-0.4, -0.2) is 6.04 Å². The van der Waals surface area contributed by atoms with Crippen LogP contribution in [0.3, 0.4) is 0 Å². The van der Waals surface area contributed by atoms with Crippen LogP contribution in [0.25, 0.3) is 0 Å². The van der Waals surface area contributed by atoms with Crippen LogP contribution >= 0.6 is 0 Å². The van der Waals surface area contributed by atoms with E-state index in [2.05, 4.69) is 6.92 Å². The Morgan fingerprint density at radius 1 is 1.43 bits per heavy atom. The third kappa shape index (κ3) is 2.63. The monoisotopic (exact) mass is 99.1 g/mol. The van der Waals surface area contributed by atoms with Gasteiger partial charge in [-0.1, -0.05) is 20.3 Å². The zero-order valence-corrected chi connectivity index (χ0v) is 5.31. The first-order chi connectivity index (χ1) is 3.18. The fourth-order valence-corrected chi connectivity index (χ4v) is 0.341. The van der Waals surface area contributed by atoms with E-state index < -0.39 is 0 Å². The second kappa shape index (κ2) is 3.03. The molecule has 2 unspecified atom stereocenters.